The van der Waals surface area contributed by atoms with Gasteiger partial charge in [0.05, 0.1) is 0 Å². The third-order valence-corrected chi connectivity index (χ3v) is 5.80. The Morgan fingerprint density at radius 1 is 0.939 bits per heavy atom. The Morgan fingerprint density at radius 3 is 2.30 bits per heavy atom. The van der Waals surface area contributed by atoms with Crippen molar-refractivity contribution in [3.63, 3.8) is 0 Å². The predicted molar refractivity (Wildman–Crippen MR) is 129 cm³/mol. The van der Waals surface area contributed by atoms with Crippen LogP contribution >= 0.6 is 0 Å². The van der Waals surface area contributed by atoms with Crippen molar-refractivity contribution in [2.24, 2.45) is 0 Å². The molecule has 3 aromatic rings. The average Bonchev–Trinajstić information content (AvgIpc) is 2.85. The zero-order valence-corrected chi connectivity index (χ0v) is 18.8. The molecule has 0 unspecified atom stereocenters. The van der Waals surface area contributed by atoms with E-state index in [1.165, 1.54) is 0 Å². The van der Waals surface area contributed by atoms with Crippen LogP contribution in [0.1, 0.15) is 34.3 Å². The second-order valence-electron chi connectivity index (χ2n) is 8.25. The molecule has 1 aliphatic heterocycles. The maximum absolute atomic E-state index is 12.8. The number of urea groups is 1. The molecular formula is C27H29N3O3. The van der Waals surface area contributed by atoms with Gasteiger partial charge in [-0.15, -0.1) is 0 Å². The maximum atomic E-state index is 12.8. The summed E-state index contributed by atoms with van der Waals surface area (Å²) in [5, 5.41) is 5.89. The topological polar surface area (TPSA) is 70.7 Å². The number of para-hydroxylation sites is 1. The summed E-state index contributed by atoms with van der Waals surface area (Å²) in [6.07, 6.45) is 1.67. The van der Waals surface area contributed by atoms with E-state index in [9.17, 15) is 9.59 Å². The minimum Gasteiger partial charge on any atom is -0.490 e. The number of nitrogens with one attached hydrogen (secondary N) is 2. The number of nitrogens with zero attached hydrogens (tertiary/aromatic N) is 1. The fraction of sp³-hybridized carbons (Fsp3) is 0.259. The molecule has 1 saturated heterocycles. The summed E-state index contributed by atoms with van der Waals surface area (Å²) in [6.45, 7) is 3.59. The Bertz CT molecular complexity index is 1080. The first-order chi connectivity index (χ1) is 16.1. The standard InChI is InChI=1S/C27H29N3O3/c1-20-12-13-22(18-25(20)26(31)28-19-21-8-4-2-5-9-21)29-27(32)30-16-14-24(15-17-30)33-23-10-6-3-7-11-23/h2-13,18,24H,14-17,19H2,1H3,(H,28,31)(H,29,32). The van der Waals surface area contributed by atoms with Gasteiger partial charge in [-0.3, -0.25) is 4.79 Å². The molecule has 3 aromatic carbocycles. The predicted octanol–water partition coefficient (Wildman–Crippen LogP) is 5.00. The molecule has 0 bridgehead atoms. The number of amides is 3. The van der Waals surface area contributed by atoms with Gasteiger partial charge in [0.2, 0.25) is 0 Å². The van der Waals surface area contributed by atoms with Gasteiger partial charge in [-0.05, 0) is 42.3 Å². The Kier molecular flexibility index (Phi) is 7.25. The molecule has 33 heavy (non-hydrogen) atoms. The number of likely N-dealkylation sites (tertiary alicyclic amines) is 1. The highest BCUT2D eigenvalue weighted by Crippen LogP contribution is 2.20. The number of ether oxygens (including phenoxy) is 1. The summed E-state index contributed by atoms with van der Waals surface area (Å²) in [5.74, 6) is 0.699. The van der Waals surface area contributed by atoms with Crippen LogP contribution in [0.4, 0.5) is 10.5 Å². The van der Waals surface area contributed by atoms with Crippen molar-refractivity contribution in [2.75, 3.05) is 18.4 Å². The monoisotopic (exact) mass is 443 g/mol. The lowest BCUT2D eigenvalue weighted by Gasteiger charge is -2.32. The summed E-state index contributed by atoms with van der Waals surface area (Å²) in [6, 6.07) is 24.8. The Morgan fingerprint density at radius 2 is 1.61 bits per heavy atom. The van der Waals surface area contributed by atoms with Crippen LogP contribution in [-0.4, -0.2) is 36.0 Å². The maximum Gasteiger partial charge on any atom is 0.321 e. The lowest BCUT2D eigenvalue weighted by Crippen LogP contribution is -2.43. The molecule has 170 valence electrons. The van der Waals surface area contributed by atoms with Crippen LogP contribution in [0.15, 0.2) is 78.9 Å². The van der Waals surface area contributed by atoms with E-state index in [1.54, 1.807) is 11.0 Å². The quantitative estimate of drug-likeness (QED) is 0.563. The van der Waals surface area contributed by atoms with Crippen molar-refractivity contribution in [3.8, 4) is 5.75 Å². The largest absolute Gasteiger partial charge is 0.490 e. The number of carbonyl (C=O) groups is 2. The molecule has 1 aliphatic rings. The molecule has 2 N–H and O–H groups in total. The third-order valence-electron chi connectivity index (χ3n) is 5.80. The molecule has 0 spiro atoms. The van der Waals surface area contributed by atoms with Gasteiger partial charge in [-0.25, -0.2) is 4.79 Å². The molecule has 1 fully saturated rings. The summed E-state index contributed by atoms with van der Waals surface area (Å²) < 4.78 is 6.01. The van der Waals surface area contributed by atoms with Crippen molar-refractivity contribution in [1.29, 1.82) is 0 Å². The highest BCUT2D eigenvalue weighted by molar-refractivity contribution is 5.98. The molecule has 0 radical (unpaired) electrons. The normalized spacial score (nSPS) is 13.9. The van der Waals surface area contributed by atoms with Gasteiger partial charge < -0.3 is 20.3 Å². The highest BCUT2D eigenvalue weighted by atomic mass is 16.5. The van der Waals surface area contributed by atoms with E-state index in [1.807, 2.05) is 79.7 Å². The lowest BCUT2D eigenvalue weighted by molar-refractivity contribution is 0.0950. The number of hydrogen-bond acceptors (Lipinski definition) is 3. The fourth-order valence-electron chi connectivity index (χ4n) is 3.89. The van der Waals surface area contributed by atoms with E-state index in [4.69, 9.17) is 4.74 Å². The number of rotatable bonds is 6. The highest BCUT2D eigenvalue weighted by Gasteiger charge is 2.24. The van der Waals surface area contributed by atoms with Gasteiger partial charge in [-0.1, -0.05) is 54.6 Å². The fourth-order valence-corrected chi connectivity index (χ4v) is 3.89. The lowest BCUT2D eigenvalue weighted by atomic mass is 10.1. The molecule has 0 aromatic heterocycles. The van der Waals surface area contributed by atoms with Crippen LogP contribution < -0.4 is 15.4 Å². The van der Waals surface area contributed by atoms with Gasteiger partial charge in [0.25, 0.3) is 5.91 Å². The van der Waals surface area contributed by atoms with Crippen molar-refractivity contribution >= 4 is 17.6 Å². The van der Waals surface area contributed by atoms with Gasteiger partial charge in [0.1, 0.15) is 11.9 Å². The van der Waals surface area contributed by atoms with Crippen LogP contribution in [0.25, 0.3) is 0 Å². The minimum atomic E-state index is -0.161. The first-order valence-corrected chi connectivity index (χ1v) is 11.3. The van der Waals surface area contributed by atoms with Crippen LogP contribution in [0.5, 0.6) is 5.75 Å². The molecule has 0 saturated carbocycles. The summed E-state index contributed by atoms with van der Waals surface area (Å²) in [7, 11) is 0. The van der Waals surface area contributed by atoms with E-state index in [0.29, 0.717) is 30.9 Å². The van der Waals surface area contributed by atoms with E-state index in [0.717, 1.165) is 29.7 Å². The molecule has 0 atom stereocenters. The van der Waals surface area contributed by atoms with Crippen LogP contribution in [0, 0.1) is 6.92 Å². The number of hydrogen-bond donors (Lipinski definition) is 2. The van der Waals surface area contributed by atoms with Crippen molar-refractivity contribution in [1.82, 2.24) is 10.2 Å². The van der Waals surface area contributed by atoms with E-state index in [2.05, 4.69) is 10.6 Å². The molecule has 6 nitrogen and oxygen atoms in total. The molecule has 3 amide bonds. The van der Waals surface area contributed by atoms with Crippen LogP contribution in [0.3, 0.4) is 0 Å². The number of benzene rings is 3. The SMILES string of the molecule is Cc1ccc(NC(=O)N2CCC(Oc3ccccc3)CC2)cc1C(=O)NCc1ccccc1. The zero-order valence-electron chi connectivity index (χ0n) is 18.8. The summed E-state index contributed by atoms with van der Waals surface area (Å²) >= 11 is 0. The Hall–Kier alpha value is -3.80. The smallest absolute Gasteiger partial charge is 0.321 e. The van der Waals surface area contributed by atoms with E-state index >= 15 is 0 Å². The zero-order chi connectivity index (χ0) is 23.0. The molecule has 4 rings (SSSR count). The second kappa shape index (κ2) is 10.7. The molecule has 6 heteroatoms. The Labute approximate surface area is 194 Å². The van der Waals surface area contributed by atoms with Gasteiger partial charge in [0, 0.05) is 43.7 Å². The Balaban J connectivity index is 1.30. The number of carbonyl (C=O) groups excluding carboxylic acids is 2. The van der Waals surface area contributed by atoms with Crippen LogP contribution in [-0.2, 0) is 6.54 Å². The molecular weight excluding hydrogens is 414 g/mol. The van der Waals surface area contributed by atoms with Gasteiger partial charge in [0.15, 0.2) is 0 Å². The summed E-state index contributed by atoms with van der Waals surface area (Å²) in [5.41, 5.74) is 3.06. The number of aryl methyl sites for hydroxylation is 1. The van der Waals surface area contributed by atoms with Crippen molar-refractivity contribution < 1.29 is 14.3 Å². The van der Waals surface area contributed by atoms with Gasteiger partial charge >= 0.3 is 6.03 Å². The minimum absolute atomic E-state index is 0.107. The number of piperidine rings is 1. The first-order valence-electron chi connectivity index (χ1n) is 11.3. The van der Waals surface area contributed by atoms with Crippen molar-refractivity contribution in [3.05, 3.63) is 95.6 Å². The van der Waals surface area contributed by atoms with E-state index in [-0.39, 0.29) is 18.0 Å². The molecule has 0 aliphatic carbocycles. The molecule has 1 heterocycles. The average molecular weight is 444 g/mol. The van der Waals surface area contributed by atoms with Crippen LogP contribution in [0.2, 0.25) is 0 Å². The summed E-state index contributed by atoms with van der Waals surface area (Å²) in [4.78, 5) is 27.3. The van der Waals surface area contributed by atoms with E-state index < -0.39 is 0 Å². The first kappa shape index (κ1) is 22.4. The number of anilines is 1. The van der Waals surface area contributed by atoms with Crippen molar-refractivity contribution in [2.45, 2.75) is 32.4 Å². The second-order valence-corrected chi connectivity index (χ2v) is 8.25. The van der Waals surface area contributed by atoms with Gasteiger partial charge in [-0.2, -0.15) is 0 Å². The third kappa shape index (κ3) is 6.13.